The first-order valence-corrected chi connectivity index (χ1v) is 7.19. The second kappa shape index (κ2) is 5.98. The van der Waals surface area contributed by atoms with Gasteiger partial charge in [0.05, 0.1) is 6.10 Å². The lowest BCUT2D eigenvalue weighted by Crippen LogP contribution is -2.23. The van der Waals surface area contributed by atoms with Crippen LogP contribution in [0.4, 0.5) is 5.69 Å². The minimum Gasteiger partial charge on any atom is -0.398 e. The number of anilines is 1. The van der Waals surface area contributed by atoms with E-state index in [0.717, 1.165) is 22.0 Å². The summed E-state index contributed by atoms with van der Waals surface area (Å²) in [7, 11) is 1.80. The summed E-state index contributed by atoms with van der Waals surface area (Å²) >= 11 is 7.83. The SMILES string of the molecule is COC1CCCC(Sc2cc(Cl)ccc2N)C1. The normalized spacial score (nSPS) is 24.8. The summed E-state index contributed by atoms with van der Waals surface area (Å²) in [5.74, 6) is 0. The van der Waals surface area contributed by atoms with Crippen LogP contribution in [0.3, 0.4) is 0 Å². The molecule has 1 aromatic carbocycles. The van der Waals surface area contributed by atoms with Gasteiger partial charge in [-0.2, -0.15) is 0 Å². The van der Waals surface area contributed by atoms with E-state index in [1.165, 1.54) is 19.3 Å². The average Bonchev–Trinajstić information content (AvgIpc) is 2.34. The van der Waals surface area contributed by atoms with Gasteiger partial charge in [-0.1, -0.05) is 11.6 Å². The maximum Gasteiger partial charge on any atom is 0.0582 e. The lowest BCUT2D eigenvalue weighted by molar-refractivity contribution is 0.0730. The summed E-state index contributed by atoms with van der Waals surface area (Å²) in [5, 5.41) is 1.34. The molecule has 0 aliphatic heterocycles. The molecule has 0 bridgehead atoms. The summed E-state index contributed by atoms with van der Waals surface area (Å²) in [6, 6.07) is 5.67. The number of nitrogen functional groups attached to an aromatic ring is 1. The van der Waals surface area contributed by atoms with Gasteiger partial charge in [-0.15, -0.1) is 11.8 Å². The van der Waals surface area contributed by atoms with Crippen molar-refractivity contribution in [3.63, 3.8) is 0 Å². The van der Waals surface area contributed by atoms with Gasteiger partial charge >= 0.3 is 0 Å². The molecule has 2 atom stereocenters. The molecule has 94 valence electrons. The highest BCUT2D eigenvalue weighted by Gasteiger charge is 2.23. The van der Waals surface area contributed by atoms with Crippen molar-refractivity contribution in [2.24, 2.45) is 0 Å². The Balaban J connectivity index is 2.02. The number of benzene rings is 1. The Labute approximate surface area is 112 Å². The second-order valence-corrected chi connectivity index (χ2v) is 6.22. The van der Waals surface area contributed by atoms with Gasteiger partial charge in [0.15, 0.2) is 0 Å². The van der Waals surface area contributed by atoms with Gasteiger partial charge in [-0.25, -0.2) is 0 Å². The molecule has 2 N–H and O–H groups in total. The van der Waals surface area contributed by atoms with E-state index in [1.54, 1.807) is 7.11 Å². The van der Waals surface area contributed by atoms with Crippen LogP contribution in [0.1, 0.15) is 25.7 Å². The molecule has 0 radical (unpaired) electrons. The molecular formula is C13H18ClNOS. The Bertz CT molecular complexity index is 386. The van der Waals surface area contributed by atoms with E-state index in [0.29, 0.717) is 11.4 Å². The van der Waals surface area contributed by atoms with Crippen LogP contribution in [0.15, 0.2) is 23.1 Å². The first-order valence-electron chi connectivity index (χ1n) is 5.93. The summed E-state index contributed by atoms with van der Waals surface area (Å²) < 4.78 is 5.44. The third kappa shape index (κ3) is 3.54. The quantitative estimate of drug-likeness (QED) is 0.845. The molecule has 2 unspecified atom stereocenters. The van der Waals surface area contributed by atoms with Crippen LogP contribution < -0.4 is 5.73 Å². The van der Waals surface area contributed by atoms with Gasteiger partial charge in [-0.05, 0) is 43.9 Å². The molecule has 17 heavy (non-hydrogen) atoms. The monoisotopic (exact) mass is 271 g/mol. The lowest BCUT2D eigenvalue weighted by atomic mass is 9.97. The number of hydrogen-bond donors (Lipinski definition) is 1. The Kier molecular flexibility index (Phi) is 4.60. The second-order valence-electron chi connectivity index (χ2n) is 4.45. The van der Waals surface area contributed by atoms with Crippen LogP contribution in [0.25, 0.3) is 0 Å². The highest BCUT2D eigenvalue weighted by atomic mass is 35.5. The molecule has 4 heteroatoms. The Hall–Kier alpha value is -0.380. The molecule has 0 aromatic heterocycles. The first-order chi connectivity index (χ1) is 8.19. The van der Waals surface area contributed by atoms with E-state index in [9.17, 15) is 0 Å². The van der Waals surface area contributed by atoms with Gasteiger partial charge in [0, 0.05) is 28.0 Å². The minimum absolute atomic E-state index is 0.404. The number of ether oxygens (including phenoxy) is 1. The van der Waals surface area contributed by atoms with Gasteiger partial charge in [0.2, 0.25) is 0 Å². The zero-order chi connectivity index (χ0) is 12.3. The van der Waals surface area contributed by atoms with Crippen LogP contribution in [0.5, 0.6) is 0 Å². The van der Waals surface area contributed by atoms with Crippen LogP contribution in [-0.4, -0.2) is 18.5 Å². The molecule has 1 aliphatic carbocycles. The molecule has 1 fully saturated rings. The molecule has 1 aliphatic rings. The maximum atomic E-state index is 6.00. The molecule has 1 aromatic rings. The number of hydrogen-bond acceptors (Lipinski definition) is 3. The third-order valence-electron chi connectivity index (χ3n) is 3.18. The van der Waals surface area contributed by atoms with Crippen molar-refractivity contribution < 1.29 is 4.74 Å². The van der Waals surface area contributed by atoms with Gasteiger partial charge in [0.25, 0.3) is 0 Å². The average molecular weight is 272 g/mol. The first kappa shape index (κ1) is 13.1. The van der Waals surface area contributed by atoms with Crippen LogP contribution in [-0.2, 0) is 4.74 Å². The van der Waals surface area contributed by atoms with Crippen LogP contribution in [0, 0.1) is 0 Å². The lowest BCUT2D eigenvalue weighted by Gasteiger charge is -2.28. The summed E-state index contributed by atoms with van der Waals surface area (Å²) in [6.07, 6.45) is 5.15. The molecule has 2 nitrogen and oxygen atoms in total. The molecule has 0 heterocycles. The van der Waals surface area contributed by atoms with Crippen LogP contribution in [0.2, 0.25) is 5.02 Å². The standard InChI is InChI=1S/C13H18ClNOS/c1-16-10-3-2-4-11(8-10)17-13-7-9(14)5-6-12(13)15/h5-7,10-11H,2-4,8,15H2,1H3. The Morgan fingerprint density at radius 1 is 1.41 bits per heavy atom. The topological polar surface area (TPSA) is 35.2 Å². The fourth-order valence-electron chi connectivity index (χ4n) is 2.21. The zero-order valence-electron chi connectivity index (χ0n) is 9.99. The number of thioether (sulfide) groups is 1. The number of rotatable bonds is 3. The van der Waals surface area contributed by atoms with Crippen molar-refractivity contribution in [3.8, 4) is 0 Å². The Morgan fingerprint density at radius 3 is 3.00 bits per heavy atom. The summed E-state index contributed by atoms with van der Waals surface area (Å²) in [4.78, 5) is 1.10. The number of methoxy groups -OCH3 is 1. The predicted molar refractivity (Wildman–Crippen MR) is 74.8 cm³/mol. The highest BCUT2D eigenvalue weighted by Crippen LogP contribution is 2.38. The fraction of sp³-hybridized carbons (Fsp3) is 0.538. The molecule has 0 spiro atoms. The minimum atomic E-state index is 0.404. The van der Waals surface area contributed by atoms with Crippen LogP contribution >= 0.6 is 23.4 Å². The van der Waals surface area contributed by atoms with E-state index in [-0.39, 0.29) is 0 Å². The zero-order valence-corrected chi connectivity index (χ0v) is 11.6. The molecular weight excluding hydrogens is 254 g/mol. The van der Waals surface area contributed by atoms with Gasteiger partial charge in [0.1, 0.15) is 0 Å². The van der Waals surface area contributed by atoms with Crippen molar-refractivity contribution in [1.82, 2.24) is 0 Å². The largest absolute Gasteiger partial charge is 0.398 e. The number of halogens is 1. The third-order valence-corrected chi connectivity index (χ3v) is 4.78. The van der Waals surface area contributed by atoms with Crippen molar-refractivity contribution >= 4 is 29.1 Å². The van der Waals surface area contributed by atoms with E-state index < -0.39 is 0 Å². The van der Waals surface area contributed by atoms with E-state index in [1.807, 2.05) is 30.0 Å². The van der Waals surface area contributed by atoms with Crippen molar-refractivity contribution in [2.75, 3.05) is 12.8 Å². The van der Waals surface area contributed by atoms with E-state index >= 15 is 0 Å². The fourth-order valence-corrected chi connectivity index (χ4v) is 3.80. The molecule has 2 rings (SSSR count). The summed E-state index contributed by atoms with van der Waals surface area (Å²) in [5.41, 5.74) is 6.78. The van der Waals surface area contributed by atoms with Crippen molar-refractivity contribution in [3.05, 3.63) is 23.2 Å². The van der Waals surface area contributed by atoms with Gasteiger partial charge < -0.3 is 10.5 Å². The van der Waals surface area contributed by atoms with Crippen molar-refractivity contribution in [1.29, 1.82) is 0 Å². The predicted octanol–water partition coefficient (Wildman–Crippen LogP) is 3.97. The summed E-state index contributed by atoms with van der Waals surface area (Å²) in [6.45, 7) is 0. The maximum absolute atomic E-state index is 6.00. The van der Waals surface area contributed by atoms with E-state index in [2.05, 4.69) is 0 Å². The van der Waals surface area contributed by atoms with Crippen molar-refractivity contribution in [2.45, 2.75) is 41.9 Å². The smallest absolute Gasteiger partial charge is 0.0582 e. The molecule has 1 saturated carbocycles. The Morgan fingerprint density at radius 2 is 2.24 bits per heavy atom. The van der Waals surface area contributed by atoms with E-state index in [4.69, 9.17) is 22.1 Å². The molecule has 0 saturated heterocycles. The highest BCUT2D eigenvalue weighted by molar-refractivity contribution is 8.00. The van der Waals surface area contributed by atoms with Gasteiger partial charge in [-0.3, -0.25) is 0 Å². The number of nitrogens with two attached hydrogens (primary N) is 1. The molecule has 0 amide bonds.